The second-order valence-electron chi connectivity index (χ2n) is 4.53. The highest BCUT2D eigenvalue weighted by atomic mass is 16.5. The number of rotatable bonds is 8. The summed E-state index contributed by atoms with van der Waals surface area (Å²) in [5.41, 5.74) is 5.60. The van der Waals surface area contributed by atoms with Gasteiger partial charge in [0, 0.05) is 19.8 Å². The van der Waals surface area contributed by atoms with E-state index in [9.17, 15) is 0 Å². The molecule has 0 saturated carbocycles. The summed E-state index contributed by atoms with van der Waals surface area (Å²) < 4.78 is 5.05. The number of hydrazine groups is 1. The lowest BCUT2D eigenvalue weighted by Crippen LogP contribution is -2.35. The molecule has 0 bridgehead atoms. The molecule has 0 radical (unpaired) electrons. The van der Waals surface area contributed by atoms with E-state index in [1.54, 1.807) is 7.11 Å². The molecule has 0 aliphatic carbocycles. The van der Waals surface area contributed by atoms with Gasteiger partial charge in [0.15, 0.2) is 0 Å². The number of aryl methyl sites for hydroxylation is 2. The summed E-state index contributed by atoms with van der Waals surface area (Å²) in [6.45, 7) is 2.93. The molecule has 3 heteroatoms. The maximum absolute atomic E-state index is 5.56. The summed E-state index contributed by atoms with van der Waals surface area (Å²) in [6.07, 6.45) is 4.27. The Morgan fingerprint density at radius 1 is 1.35 bits per heavy atom. The lowest BCUT2D eigenvalue weighted by atomic mass is 10.0. The first-order valence-corrected chi connectivity index (χ1v) is 6.27. The van der Waals surface area contributed by atoms with Gasteiger partial charge in [-0.05, 0) is 38.2 Å². The predicted molar refractivity (Wildman–Crippen MR) is 71.7 cm³/mol. The van der Waals surface area contributed by atoms with Crippen molar-refractivity contribution < 1.29 is 4.74 Å². The van der Waals surface area contributed by atoms with E-state index in [-0.39, 0.29) is 0 Å². The zero-order chi connectivity index (χ0) is 12.5. The van der Waals surface area contributed by atoms with Gasteiger partial charge in [-0.2, -0.15) is 0 Å². The van der Waals surface area contributed by atoms with Crippen LogP contribution in [-0.4, -0.2) is 19.8 Å². The summed E-state index contributed by atoms with van der Waals surface area (Å²) >= 11 is 0. The van der Waals surface area contributed by atoms with Crippen LogP contribution in [0, 0.1) is 6.92 Å². The third kappa shape index (κ3) is 5.82. The van der Waals surface area contributed by atoms with Crippen molar-refractivity contribution in [2.75, 3.05) is 13.7 Å². The molecule has 0 heterocycles. The third-order valence-corrected chi connectivity index (χ3v) is 3.00. The maximum Gasteiger partial charge on any atom is 0.0462 e. The van der Waals surface area contributed by atoms with Crippen LogP contribution in [0.15, 0.2) is 24.3 Å². The molecule has 0 amide bonds. The van der Waals surface area contributed by atoms with Gasteiger partial charge in [0.1, 0.15) is 0 Å². The Kier molecular flexibility index (Phi) is 6.86. The van der Waals surface area contributed by atoms with E-state index in [0.717, 1.165) is 32.3 Å². The second kappa shape index (κ2) is 8.23. The van der Waals surface area contributed by atoms with E-state index >= 15 is 0 Å². The molecule has 0 saturated heterocycles. The Balaban J connectivity index is 2.31. The second-order valence-corrected chi connectivity index (χ2v) is 4.53. The van der Waals surface area contributed by atoms with Crippen molar-refractivity contribution in [3.8, 4) is 0 Å². The van der Waals surface area contributed by atoms with Gasteiger partial charge in [0.2, 0.25) is 0 Å². The number of benzene rings is 1. The fourth-order valence-corrected chi connectivity index (χ4v) is 1.99. The average Bonchev–Trinajstić information content (AvgIpc) is 2.34. The zero-order valence-electron chi connectivity index (χ0n) is 10.9. The molecule has 3 nitrogen and oxygen atoms in total. The van der Waals surface area contributed by atoms with Crippen LogP contribution in [0.2, 0.25) is 0 Å². The summed E-state index contributed by atoms with van der Waals surface area (Å²) in [6, 6.07) is 9.03. The fraction of sp³-hybridized carbons (Fsp3) is 0.571. The molecule has 0 aromatic heterocycles. The summed E-state index contributed by atoms with van der Waals surface area (Å²) in [5, 5.41) is 0. The topological polar surface area (TPSA) is 47.3 Å². The van der Waals surface area contributed by atoms with E-state index in [4.69, 9.17) is 10.6 Å². The number of methoxy groups -OCH3 is 1. The van der Waals surface area contributed by atoms with E-state index in [1.807, 2.05) is 0 Å². The predicted octanol–water partition coefficient (Wildman–Crippen LogP) is 2.19. The maximum atomic E-state index is 5.56. The number of hydrogen-bond acceptors (Lipinski definition) is 3. The molecule has 0 spiro atoms. The van der Waals surface area contributed by atoms with E-state index in [2.05, 4.69) is 36.6 Å². The smallest absolute Gasteiger partial charge is 0.0462 e. The van der Waals surface area contributed by atoms with Gasteiger partial charge in [0.25, 0.3) is 0 Å². The number of nitrogens with one attached hydrogen (secondary N) is 1. The van der Waals surface area contributed by atoms with Crippen LogP contribution in [0.4, 0.5) is 0 Å². The number of nitrogens with two attached hydrogens (primary N) is 1. The van der Waals surface area contributed by atoms with Crippen molar-refractivity contribution in [3.05, 3.63) is 35.4 Å². The molecule has 1 unspecified atom stereocenters. The van der Waals surface area contributed by atoms with E-state index in [0.29, 0.717) is 6.04 Å². The van der Waals surface area contributed by atoms with Crippen LogP contribution in [0.25, 0.3) is 0 Å². The fourth-order valence-electron chi connectivity index (χ4n) is 1.99. The van der Waals surface area contributed by atoms with Gasteiger partial charge in [-0.1, -0.05) is 29.8 Å². The molecule has 96 valence electrons. The summed E-state index contributed by atoms with van der Waals surface area (Å²) in [4.78, 5) is 0. The summed E-state index contributed by atoms with van der Waals surface area (Å²) in [7, 11) is 1.73. The van der Waals surface area contributed by atoms with Gasteiger partial charge >= 0.3 is 0 Å². The SMILES string of the molecule is COCCCC(CCc1cccc(C)c1)NN. The molecule has 17 heavy (non-hydrogen) atoms. The highest BCUT2D eigenvalue weighted by molar-refractivity contribution is 5.22. The lowest BCUT2D eigenvalue weighted by Gasteiger charge is -2.15. The molecule has 0 aliphatic rings. The van der Waals surface area contributed by atoms with Crippen LogP contribution in [0.5, 0.6) is 0 Å². The lowest BCUT2D eigenvalue weighted by molar-refractivity contribution is 0.188. The number of hydrogen-bond donors (Lipinski definition) is 2. The van der Waals surface area contributed by atoms with Gasteiger partial charge in [-0.15, -0.1) is 0 Å². The van der Waals surface area contributed by atoms with Gasteiger partial charge in [-0.25, -0.2) is 0 Å². The molecular weight excluding hydrogens is 212 g/mol. The van der Waals surface area contributed by atoms with Crippen LogP contribution >= 0.6 is 0 Å². The van der Waals surface area contributed by atoms with Gasteiger partial charge in [0.05, 0.1) is 0 Å². The molecule has 1 rings (SSSR count). The average molecular weight is 236 g/mol. The molecule has 1 aromatic rings. The quantitative estimate of drug-likeness (QED) is 0.413. The van der Waals surface area contributed by atoms with Crippen molar-refractivity contribution in [1.82, 2.24) is 5.43 Å². The van der Waals surface area contributed by atoms with Gasteiger partial charge in [-0.3, -0.25) is 11.3 Å². The first-order chi connectivity index (χ1) is 8.26. The van der Waals surface area contributed by atoms with Crippen LogP contribution in [-0.2, 0) is 11.2 Å². The Labute approximate surface area is 104 Å². The zero-order valence-corrected chi connectivity index (χ0v) is 10.9. The molecule has 0 fully saturated rings. The van der Waals surface area contributed by atoms with Crippen molar-refractivity contribution in [3.63, 3.8) is 0 Å². The highest BCUT2D eigenvalue weighted by Crippen LogP contribution is 2.10. The van der Waals surface area contributed by atoms with Crippen LogP contribution in [0.3, 0.4) is 0 Å². The van der Waals surface area contributed by atoms with Crippen molar-refractivity contribution >= 4 is 0 Å². The van der Waals surface area contributed by atoms with Crippen molar-refractivity contribution in [1.29, 1.82) is 0 Å². The monoisotopic (exact) mass is 236 g/mol. The van der Waals surface area contributed by atoms with Crippen molar-refractivity contribution in [2.45, 2.75) is 38.6 Å². The molecular formula is C14H24N2O. The standard InChI is InChI=1S/C14H24N2O/c1-12-5-3-6-13(11-12)8-9-14(16-15)7-4-10-17-2/h3,5-6,11,14,16H,4,7-10,15H2,1-2H3. The van der Waals surface area contributed by atoms with Gasteiger partial charge < -0.3 is 4.74 Å². The summed E-state index contributed by atoms with van der Waals surface area (Å²) in [5.74, 6) is 5.56. The molecule has 0 aliphatic heterocycles. The molecule has 1 atom stereocenters. The Bertz CT molecular complexity index is 315. The number of ether oxygens (including phenoxy) is 1. The van der Waals surface area contributed by atoms with E-state index in [1.165, 1.54) is 11.1 Å². The minimum atomic E-state index is 0.380. The Morgan fingerprint density at radius 2 is 2.18 bits per heavy atom. The largest absolute Gasteiger partial charge is 0.385 e. The minimum Gasteiger partial charge on any atom is -0.385 e. The Morgan fingerprint density at radius 3 is 2.82 bits per heavy atom. The van der Waals surface area contributed by atoms with Crippen molar-refractivity contribution in [2.24, 2.45) is 5.84 Å². The van der Waals surface area contributed by atoms with E-state index < -0.39 is 0 Å². The Hall–Kier alpha value is -0.900. The normalized spacial score (nSPS) is 12.6. The third-order valence-electron chi connectivity index (χ3n) is 3.00. The first-order valence-electron chi connectivity index (χ1n) is 6.27. The van der Waals surface area contributed by atoms with Crippen LogP contribution < -0.4 is 11.3 Å². The minimum absolute atomic E-state index is 0.380. The molecule has 1 aromatic carbocycles. The highest BCUT2D eigenvalue weighted by Gasteiger charge is 2.06. The first kappa shape index (κ1) is 14.2. The molecule has 3 N–H and O–H groups in total. The van der Waals surface area contributed by atoms with Crippen LogP contribution in [0.1, 0.15) is 30.4 Å².